The van der Waals surface area contributed by atoms with Crippen LogP contribution in [0.2, 0.25) is 5.02 Å². The van der Waals surface area contributed by atoms with E-state index in [-0.39, 0.29) is 36.1 Å². The summed E-state index contributed by atoms with van der Waals surface area (Å²) in [5, 5.41) is 0.628. The molecule has 1 aliphatic heterocycles. The van der Waals surface area contributed by atoms with Gasteiger partial charge in [-0.1, -0.05) is 32.4 Å². The summed E-state index contributed by atoms with van der Waals surface area (Å²) in [5.74, 6) is -0.332. The predicted octanol–water partition coefficient (Wildman–Crippen LogP) is 3.51. The van der Waals surface area contributed by atoms with E-state index in [1.165, 1.54) is 0 Å². The van der Waals surface area contributed by atoms with Crippen molar-refractivity contribution < 1.29 is 27.5 Å². The largest absolute Gasteiger partial charge is 0.482 e. The Bertz CT molecular complexity index is 915. The Labute approximate surface area is 190 Å². The van der Waals surface area contributed by atoms with Crippen LogP contribution in [-0.4, -0.2) is 62.0 Å². The first kappa shape index (κ1) is 25.5. The zero-order valence-corrected chi connectivity index (χ0v) is 20.4. The number of ether oxygens (including phenoxy) is 2. The van der Waals surface area contributed by atoms with Gasteiger partial charge in [-0.15, -0.1) is 0 Å². The lowest BCUT2D eigenvalue weighted by Gasteiger charge is -2.33. The molecule has 1 aromatic rings. The fourth-order valence-electron chi connectivity index (χ4n) is 3.64. The van der Waals surface area contributed by atoms with Gasteiger partial charge in [-0.3, -0.25) is 4.79 Å². The minimum absolute atomic E-state index is 0.0476. The second-order valence-electron chi connectivity index (χ2n) is 8.36. The number of carbonyl (C=O) groups is 2. The fraction of sp³-hybridized carbons (Fsp3) is 0.636. The van der Waals surface area contributed by atoms with Gasteiger partial charge in [0.25, 0.3) is 5.91 Å². The molecular formula is C22H32ClNO6S. The van der Waals surface area contributed by atoms with Crippen LogP contribution in [0.15, 0.2) is 12.1 Å². The van der Waals surface area contributed by atoms with Crippen molar-refractivity contribution in [2.45, 2.75) is 65.5 Å². The van der Waals surface area contributed by atoms with Gasteiger partial charge in [-0.2, -0.15) is 0 Å². The minimum atomic E-state index is -3.14. The highest BCUT2D eigenvalue weighted by Gasteiger charge is 2.36. The molecule has 0 unspecified atom stereocenters. The van der Waals surface area contributed by atoms with Crippen LogP contribution in [0.3, 0.4) is 0 Å². The molecule has 1 saturated heterocycles. The third kappa shape index (κ3) is 6.84. The number of nitrogens with zero attached hydrogens (tertiary/aromatic N) is 1. The number of sulfone groups is 1. The summed E-state index contributed by atoms with van der Waals surface area (Å²) >= 11 is 6.19. The molecule has 2 atom stereocenters. The molecule has 0 N–H and O–H groups in total. The lowest BCUT2D eigenvalue weighted by molar-refractivity contribution is -0.155. The molecule has 0 aliphatic carbocycles. The molecule has 174 valence electrons. The SMILES string of the molecule is CC[C@@H](C)N(C(=O)COC(=O)COc1cc(C)c(Cl)cc1C(C)C)[C@H]1CCS(=O)(=O)C1. The highest BCUT2D eigenvalue weighted by Crippen LogP contribution is 2.32. The summed E-state index contributed by atoms with van der Waals surface area (Å²) in [6.45, 7) is 8.85. The van der Waals surface area contributed by atoms with E-state index >= 15 is 0 Å². The van der Waals surface area contributed by atoms with Crippen molar-refractivity contribution in [2.75, 3.05) is 24.7 Å². The van der Waals surface area contributed by atoms with E-state index in [0.717, 1.165) is 11.1 Å². The lowest BCUT2D eigenvalue weighted by atomic mass is 10.0. The normalized spacial score (nSPS) is 18.6. The standard InChI is InChI=1S/C22H32ClNO6S/c1-6-16(5)24(17-7-8-31(27,28)13-17)21(25)11-30-22(26)12-29-20-9-15(4)19(23)10-18(20)14(2)3/h9-10,14,16-17H,6-8,11-13H2,1-5H3/t16-,17+/m1/s1. The molecule has 31 heavy (non-hydrogen) atoms. The van der Waals surface area contributed by atoms with Gasteiger partial charge in [-0.05, 0) is 55.9 Å². The molecule has 1 amide bonds. The summed E-state index contributed by atoms with van der Waals surface area (Å²) < 4.78 is 34.5. The first-order chi connectivity index (χ1) is 14.4. The van der Waals surface area contributed by atoms with Crippen molar-refractivity contribution in [2.24, 2.45) is 0 Å². The fourth-order valence-corrected chi connectivity index (χ4v) is 5.53. The summed E-state index contributed by atoms with van der Waals surface area (Å²) in [4.78, 5) is 26.5. The maximum atomic E-state index is 12.7. The van der Waals surface area contributed by atoms with Crippen molar-refractivity contribution in [1.29, 1.82) is 0 Å². The van der Waals surface area contributed by atoms with Crippen LogP contribution >= 0.6 is 11.6 Å². The second-order valence-corrected chi connectivity index (χ2v) is 11.0. The van der Waals surface area contributed by atoms with Crippen LogP contribution in [-0.2, 0) is 24.2 Å². The van der Waals surface area contributed by atoms with E-state index in [9.17, 15) is 18.0 Å². The van der Waals surface area contributed by atoms with Crippen LogP contribution in [0, 0.1) is 6.92 Å². The van der Waals surface area contributed by atoms with Gasteiger partial charge in [0.15, 0.2) is 23.1 Å². The Morgan fingerprint density at radius 3 is 2.45 bits per heavy atom. The number of rotatable bonds is 9. The molecule has 0 aromatic heterocycles. The first-order valence-electron chi connectivity index (χ1n) is 10.5. The third-order valence-electron chi connectivity index (χ3n) is 5.57. The molecule has 9 heteroatoms. The maximum Gasteiger partial charge on any atom is 0.344 e. The van der Waals surface area contributed by atoms with Gasteiger partial charge < -0.3 is 14.4 Å². The lowest BCUT2D eigenvalue weighted by Crippen LogP contribution is -2.48. The van der Waals surface area contributed by atoms with Crippen molar-refractivity contribution >= 4 is 33.3 Å². The minimum Gasteiger partial charge on any atom is -0.482 e. The van der Waals surface area contributed by atoms with Crippen LogP contribution < -0.4 is 4.74 Å². The van der Waals surface area contributed by atoms with Gasteiger partial charge in [0.1, 0.15) is 5.75 Å². The Morgan fingerprint density at radius 1 is 1.23 bits per heavy atom. The summed E-state index contributed by atoms with van der Waals surface area (Å²) in [6, 6.07) is 3.08. The van der Waals surface area contributed by atoms with Crippen molar-refractivity contribution in [3.05, 3.63) is 28.3 Å². The van der Waals surface area contributed by atoms with E-state index in [1.807, 2.05) is 40.7 Å². The molecule has 7 nitrogen and oxygen atoms in total. The molecule has 1 heterocycles. The van der Waals surface area contributed by atoms with Gasteiger partial charge >= 0.3 is 5.97 Å². The number of carbonyl (C=O) groups excluding carboxylic acids is 2. The maximum absolute atomic E-state index is 12.7. The van der Waals surface area contributed by atoms with Gasteiger partial charge in [0.2, 0.25) is 0 Å². The third-order valence-corrected chi connectivity index (χ3v) is 7.73. The number of halogens is 1. The Kier molecular flexibility index (Phi) is 8.77. The average Bonchev–Trinajstić information content (AvgIpc) is 3.05. The number of hydrogen-bond donors (Lipinski definition) is 0. The molecule has 2 rings (SSSR count). The molecule has 1 aliphatic rings. The number of esters is 1. The van der Waals surface area contributed by atoms with E-state index in [1.54, 1.807) is 11.0 Å². The van der Waals surface area contributed by atoms with Crippen LogP contribution in [0.5, 0.6) is 5.75 Å². The average molecular weight is 474 g/mol. The Morgan fingerprint density at radius 2 is 1.90 bits per heavy atom. The van der Waals surface area contributed by atoms with Crippen molar-refractivity contribution in [1.82, 2.24) is 4.90 Å². The molecular weight excluding hydrogens is 442 g/mol. The van der Waals surface area contributed by atoms with Crippen LogP contribution in [0.1, 0.15) is 57.6 Å². The number of amides is 1. The van der Waals surface area contributed by atoms with E-state index in [2.05, 4.69) is 0 Å². The molecule has 1 aromatic carbocycles. The second kappa shape index (κ2) is 10.7. The zero-order valence-electron chi connectivity index (χ0n) is 18.8. The quantitative estimate of drug-likeness (QED) is 0.510. The first-order valence-corrected chi connectivity index (χ1v) is 12.7. The van der Waals surface area contributed by atoms with Crippen LogP contribution in [0.25, 0.3) is 0 Å². The summed E-state index contributed by atoms with van der Waals surface area (Å²) in [7, 11) is -3.14. The monoisotopic (exact) mass is 473 g/mol. The molecule has 0 saturated carbocycles. The molecule has 0 spiro atoms. The number of benzene rings is 1. The van der Waals surface area contributed by atoms with E-state index < -0.39 is 28.3 Å². The van der Waals surface area contributed by atoms with Crippen LogP contribution in [0.4, 0.5) is 0 Å². The van der Waals surface area contributed by atoms with E-state index in [0.29, 0.717) is 23.6 Å². The molecule has 1 fully saturated rings. The highest BCUT2D eigenvalue weighted by atomic mass is 35.5. The zero-order chi connectivity index (χ0) is 23.3. The van der Waals surface area contributed by atoms with Gasteiger partial charge in [0, 0.05) is 17.1 Å². The number of aryl methyl sites for hydroxylation is 1. The summed E-state index contributed by atoms with van der Waals surface area (Å²) in [6.07, 6.45) is 1.08. The van der Waals surface area contributed by atoms with Crippen molar-refractivity contribution in [3.63, 3.8) is 0 Å². The van der Waals surface area contributed by atoms with Gasteiger partial charge in [0.05, 0.1) is 11.5 Å². The molecule has 0 bridgehead atoms. The Balaban J connectivity index is 1.97. The molecule has 0 radical (unpaired) electrons. The topological polar surface area (TPSA) is 90.0 Å². The van der Waals surface area contributed by atoms with E-state index in [4.69, 9.17) is 21.1 Å². The van der Waals surface area contributed by atoms with Gasteiger partial charge in [-0.25, -0.2) is 13.2 Å². The predicted molar refractivity (Wildman–Crippen MR) is 120 cm³/mol. The summed E-state index contributed by atoms with van der Waals surface area (Å²) in [5.41, 5.74) is 1.71. The number of hydrogen-bond acceptors (Lipinski definition) is 6. The smallest absolute Gasteiger partial charge is 0.344 e. The highest BCUT2D eigenvalue weighted by molar-refractivity contribution is 7.91. The Hall–Kier alpha value is -1.80. The van der Waals surface area contributed by atoms with Crippen molar-refractivity contribution in [3.8, 4) is 5.75 Å².